The SMILES string of the molecule is C[C@@H]1CCC(C(C)(C)N=C=S)[C@@H]2[C@H]3[C@@H](C)CC[C@@]312. The van der Waals surface area contributed by atoms with Gasteiger partial charge in [0.2, 0.25) is 0 Å². The predicted octanol–water partition coefficient (Wildman–Crippen LogP) is 4.58. The zero-order chi connectivity index (χ0) is 13.1. The van der Waals surface area contributed by atoms with Crippen LogP contribution < -0.4 is 0 Å². The monoisotopic (exact) mass is 263 g/mol. The van der Waals surface area contributed by atoms with Crippen LogP contribution in [0, 0.1) is 35.0 Å². The van der Waals surface area contributed by atoms with Gasteiger partial charge in [0.1, 0.15) is 0 Å². The fourth-order valence-electron chi connectivity index (χ4n) is 5.79. The van der Waals surface area contributed by atoms with Gasteiger partial charge >= 0.3 is 0 Å². The van der Waals surface area contributed by atoms with Gasteiger partial charge < -0.3 is 0 Å². The Morgan fingerprint density at radius 1 is 1.17 bits per heavy atom. The standard InChI is InChI=1S/C16H25NS/c1-10-7-8-16-11(2)5-6-12(14(16)13(10)16)15(3,4)17-9-18/h10-14H,5-8H2,1-4H3/t10-,11+,12?,13+,14+,16-/m0/s1. The molecule has 0 radical (unpaired) electrons. The first-order chi connectivity index (χ1) is 8.45. The van der Waals surface area contributed by atoms with Gasteiger partial charge in [0.15, 0.2) is 0 Å². The average Bonchev–Trinajstić information content (AvgIpc) is 2.86. The van der Waals surface area contributed by atoms with Crippen LogP contribution in [0.5, 0.6) is 0 Å². The average molecular weight is 263 g/mol. The molecular formula is C16H25NS. The summed E-state index contributed by atoms with van der Waals surface area (Å²) in [7, 11) is 0. The van der Waals surface area contributed by atoms with Crippen molar-refractivity contribution in [3.8, 4) is 0 Å². The summed E-state index contributed by atoms with van der Waals surface area (Å²) in [6.45, 7) is 9.49. The first-order valence-corrected chi connectivity index (χ1v) is 7.95. The third-order valence-corrected chi connectivity index (χ3v) is 6.76. The highest BCUT2D eigenvalue weighted by Crippen LogP contribution is 2.79. The number of fused-ring (bicyclic) bond motifs is 1. The van der Waals surface area contributed by atoms with Crippen molar-refractivity contribution in [1.82, 2.24) is 0 Å². The summed E-state index contributed by atoms with van der Waals surface area (Å²) < 4.78 is 0. The van der Waals surface area contributed by atoms with Crippen LogP contribution >= 0.6 is 12.2 Å². The molecule has 0 aromatic rings. The second-order valence-corrected chi connectivity index (χ2v) is 7.80. The molecule has 0 aliphatic heterocycles. The Hall–Kier alpha value is -0.200. The third kappa shape index (κ3) is 1.45. The van der Waals surface area contributed by atoms with Gasteiger partial charge in [0.05, 0.1) is 10.7 Å². The Morgan fingerprint density at radius 2 is 1.89 bits per heavy atom. The van der Waals surface area contributed by atoms with E-state index in [2.05, 4.69) is 37.8 Å². The molecule has 3 fully saturated rings. The minimum Gasteiger partial charge on any atom is -0.226 e. The van der Waals surface area contributed by atoms with E-state index in [-0.39, 0.29) is 5.54 Å². The van der Waals surface area contributed by atoms with Crippen molar-refractivity contribution < 1.29 is 0 Å². The van der Waals surface area contributed by atoms with E-state index in [9.17, 15) is 0 Å². The van der Waals surface area contributed by atoms with E-state index in [1.807, 2.05) is 0 Å². The zero-order valence-corrected chi connectivity index (χ0v) is 12.9. The van der Waals surface area contributed by atoms with Crippen LogP contribution in [0.25, 0.3) is 0 Å². The number of isothiocyanates is 1. The van der Waals surface area contributed by atoms with Crippen LogP contribution in [0.1, 0.15) is 53.4 Å². The zero-order valence-electron chi connectivity index (χ0n) is 12.1. The van der Waals surface area contributed by atoms with Gasteiger partial charge in [-0.25, -0.2) is 4.99 Å². The van der Waals surface area contributed by atoms with E-state index in [4.69, 9.17) is 12.2 Å². The molecule has 0 amide bonds. The molecule has 0 aromatic heterocycles. The van der Waals surface area contributed by atoms with E-state index in [0.717, 1.165) is 29.6 Å². The van der Waals surface area contributed by atoms with E-state index in [1.54, 1.807) is 0 Å². The van der Waals surface area contributed by atoms with Gasteiger partial charge in [-0.15, -0.1) is 0 Å². The van der Waals surface area contributed by atoms with Crippen LogP contribution in [0.4, 0.5) is 0 Å². The number of thiocarbonyl (C=S) groups is 1. The summed E-state index contributed by atoms with van der Waals surface area (Å²) in [5.74, 6) is 4.51. The van der Waals surface area contributed by atoms with Gasteiger partial charge in [-0.1, -0.05) is 13.8 Å². The maximum absolute atomic E-state index is 4.85. The van der Waals surface area contributed by atoms with Gasteiger partial charge in [0.25, 0.3) is 0 Å². The largest absolute Gasteiger partial charge is 0.226 e. The van der Waals surface area contributed by atoms with Crippen molar-refractivity contribution in [2.24, 2.45) is 40.0 Å². The number of hydrogen-bond donors (Lipinski definition) is 0. The maximum atomic E-state index is 4.85. The summed E-state index contributed by atoms with van der Waals surface area (Å²) in [5.41, 5.74) is 0.695. The van der Waals surface area contributed by atoms with E-state index in [1.165, 1.54) is 25.7 Å². The van der Waals surface area contributed by atoms with Gasteiger partial charge in [-0.05, 0) is 86.8 Å². The summed E-state index contributed by atoms with van der Waals surface area (Å²) in [6, 6.07) is 0. The minimum absolute atomic E-state index is 0.00359. The van der Waals surface area contributed by atoms with Crippen molar-refractivity contribution >= 4 is 17.4 Å². The van der Waals surface area contributed by atoms with Crippen molar-refractivity contribution in [2.75, 3.05) is 0 Å². The molecule has 0 heterocycles. The van der Waals surface area contributed by atoms with Crippen molar-refractivity contribution in [3.63, 3.8) is 0 Å². The van der Waals surface area contributed by atoms with Gasteiger partial charge in [-0.3, -0.25) is 0 Å². The van der Waals surface area contributed by atoms with Crippen LogP contribution in [0.2, 0.25) is 0 Å². The van der Waals surface area contributed by atoms with E-state index in [0.29, 0.717) is 5.41 Å². The molecule has 1 nitrogen and oxygen atoms in total. The van der Waals surface area contributed by atoms with Crippen LogP contribution in [0.15, 0.2) is 4.99 Å². The second-order valence-electron chi connectivity index (χ2n) is 7.62. The molecular weight excluding hydrogens is 238 g/mol. The molecule has 3 rings (SSSR count). The molecule has 18 heavy (non-hydrogen) atoms. The first kappa shape index (κ1) is 12.8. The van der Waals surface area contributed by atoms with Gasteiger partial charge in [0, 0.05) is 0 Å². The highest BCUT2D eigenvalue weighted by Gasteiger charge is 2.75. The van der Waals surface area contributed by atoms with Crippen molar-refractivity contribution in [3.05, 3.63) is 0 Å². The lowest BCUT2D eigenvalue weighted by Gasteiger charge is -2.39. The molecule has 0 bridgehead atoms. The number of rotatable bonds is 2. The quantitative estimate of drug-likeness (QED) is 0.525. The second kappa shape index (κ2) is 3.90. The van der Waals surface area contributed by atoms with E-state index >= 15 is 0 Å². The van der Waals surface area contributed by atoms with Crippen LogP contribution in [-0.2, 0) is 0 Å². The first-order valence-electron chi connectivity index (χ1n) is 7.54. The van der Waals surface area contributed by atoms with Crippen LogP contribution in [-0.4, -0.2) is 10.7 Å². The Morgan fingerprint density at radius 3 is 2.56 bits per heavy atom. The molecule has 100 valence electrons. The lowest BCUT2D eigenvalue weighted by molar-refractivity contribution is 0.125. The van der Waals surface area contributed by atoms with Crippen molar-refractivity contribution in [2.45, 2.75) is 58.9 Å². The Labute approximate surface area is 116 Å². The lowest BCUT2D eigenvalue weighted by Crippen LogP contribution is -2.37. The Kier molecular flexibility index (Phi) is 2.78. The molecule has 0 N–H and O–H groups in total. The van der Waals surface area contributed by atoms with Crippen LogP contribution in [0.3, 0.4) is 0 Å². The Balaban J connectivity index is 1.91. The highest BCUT2D eigenvalue weighted by atomic mass is 32.1. The molecule has 3 saturated carbocycles. The minimum atomic E-state index is 0.00359. The molecule has 3 aliphatic carbocycles. The maximum Gasteiger partial charge on any atom is 0.0685 e. The number of hydrogen-bond acceptors (Lipinski definition) is 2. The fourth-order valence-corrected chi connectivity index (χ4v) is 6.03. The summed E-state index contributed by atoms with van der Waals surface area (Å²) >= 11 is 4.85. The summed E-state index contributed by atoms with van der Waals surface area (Å²) in [6.07, 6.45) is 5.65. The lowest BCUT2D eigenvalue weighted by atomic mass is 9.67. The van der Waals surface area contributed by atoms with Crippen molar-refractivity contribution in [1.29, 1.82) is 0 Å². The molecule has 1 spiro atoms. The summed E-state index contributed by atoms with van der Waals surface area (Å²) in [5, 5.41) is 2.64. The molecule has 0 saturated heterocycles. The normalized spacial score (nSPS) is 50.1. The van der Waals surface area contributed by atoms with Gasteiger partial charge in [-0.2, -0.15) is 0 Å². The molecule has 3 aliphatic rings. The summed E-state index contributed by atoms with van der Waals surface area (Å²) in [4.78, 5) is 4.50. The topological polar surface area (TPSA) is 12.4 Å². The highest BCUT2D eigenvalue weighted by molar-refractivity contribution is 7.78. The smallest absolute Gasteiger partial charge is 0.0685 e. The molecule has 1 unspecified atom stereocenters. The molecule has 6 atom stereocenters. The fraction of sp³-hybridized carbons (Fsp3) is 0.938. The number of aliphatic imine (C=N–C) groups is 1. The third-order valence-electron chi connectivity index (χ3n) is 6.67. The molecule has 2 heteroatoms. The predicted molar refractivity (Wildman–Crippen MR) is 78.8 cm³/mol. The Bertz CT molecular complexity index is 409. The van der Waals surface area contributed by atoms with E-state index < -0.39 is 0 Å². The number of nitrogens with zero attached hydrogens (tertiary/aromatic N) is 1. The molecule has 0 aromatic carbocycles.